The number of hydrogen-bond donors (Lipinski definition) is 2. The Kier molecular flexibility index (Phi) is 7.02. The fourth-order valence-corrected chi connectivity index (χ4v) is 3.24. The largest absolute Gasteiger partial charge is 0.481 e. The van der Waals surface area contributed by atoms with Crippen LogP contribution in [0.5, 0.6) is 5.75 Å². The monoisotopic (exact) mass is 396 g/mol. The molecule has 2 aromatic carbocycles. The highest BCUT2D eigenvalue weighted by Crippen LogP contribution is 2.16. The van der Waals surface area contributed by atoms with Gasteiger partial charge in [-0.15, -0.1) is 0 Å². The van der Waals surface area contributed by atoms with Crippen LogP contribution in [0.15, 0.2) is 53.4 Å². The molecule has 0 heterocycles. The molecule has 140 valence electrons. The Balaban J connectivity index is 1.77. The van der Waals surface area contributed by atoms with Gasteiger partial charge in [0.25, 0.3) is 5.91 Å². The minimum Gasteiger partial charge on any atom is -0.481 e. The summed E-state index contributed by atoms with van der Waals surface area (Å²) >= 11 is 5.79. The van der Waals surface area contributed by atoms with E-state index in [0.29, 0.717) is 10.8 Å². The molecule has 2 N–H and O–H groups in total. The topological polar surface area (TPSA) is 84.5 Å². The number of aryl methyl sites for hydroxylation is 1. The van der Waals surface area contributed by atoms with Crippen molar-refractivity contribution in [3.63, 3.8) is 0 Å². The van der Waals surface area contributed by atoms with E-state index in [1.54, 1.807) is 43.3 Å². The zero-order valence-corrected chi connectivity index (χ0v) is 16.1. The Morgan fingerprint density at radius 2 is 1.69 bits per heavy atom. The third kappa shape index (κ3) is 6.01. The second kappa shape index (κ2) is 9.02. The first-order valence-corrected chi connectivity index (χ1v) is 9.90. The fourth-order valence-electron chi connectivity index (χ4n) is 2.09. The Morgan fingerprint density at radius 3 is 2.31 bits per heavy atom. The number of amides is 1. The lowest BCUT2D eigenvalue weighted by Gasteiger charge is -2.15. The predicted octanol–water partition coefficient (Wildman–Crippen LogP) is 2.51. The highest BCUT2D eigenvalue weighted by Gasteiger charge is 2.16. The number of sulfonamides is 1. The van der Waals surface area contributed by atoms with E-state index in [0.717, 1.165) is 5.56 Å². The minimum absolute atomic E-state index is 0.0790. The number of rotatable bonds is 8. The van der Waals surface area contributed by atoms with Gasteiger partial charge in [0, 0.05) is 18.1 Å². The highest BCUT2D eigenvalue weighted by atomic mass is 35.5. The van der Waals surface area contributed by atoms with Crippen LogP contribution in [-0.2, 0) is 14.8 Å². The van der Waals surface area contributed by atoms with Crippen LogP contribution in [0, 0.1) is 6.92 Å². The van der Waals surface area contributed by atoms with Gasteiger partial charge in [-0.05, 0) is 50.2 Å². The number of benzene rings is 2. The maximum atomic E-state index is 12.1. The number of ether oxygens (including phenoxy) is 1. The van der Waals surface area contributed by atoms with E-state index < -0.39 is 16.1 Å². The van der Waals surface area contributed by atoms with Gasteiger partial charge in [0.05, 0.1) is 4.90 Å². The number of carbonyl (C=O) groups is 1. The summed E-state index contributed by atoms with van der Waals surface area (Å²) in [6.45, 7) is 3.72. The highest BCUT2D eigenvalue weighted by molar-refractivity contribution is 7.89. The van der Waals surface area contributed by atoms with Crippen molar-refractivity contribution >= 4 is 27.5 Å². The normalized spacial score (nSPS) is 12.4. The van der Waals surface area contributed by atoms with Gasteiger partial charge in [-0.1, -0.05) is 29.3 Å². The lowest BCUT2D eigenvalue weighted by atomic mass is 10.2. The molecular weight excluding hydrogens is 376 g/mol. The predicted molar refractivity (Wildman–Crippen MR) is 101 cm³/mol. The Labute approximate surface area is 158 Å². The number of nitrogens with one attached hydrogen (secondary N) is 2. The van der Waals surface area contributed by atoms with Crippen LogP contribution < -0.4 is 14.8 Å². The van der Waals surface area contributed by atoms with Crippen LogP contribution in [0.25, 0.3) is 0 Å². The molecule has 0 fully saturated rings. The van der Waals surface area contributed by atoms with Crippen LogP contribution >= 0.6 is 11.6 Å². The van der Waals surface area contributed by atoms with Crippen molar-refractivity contribution in [3.05, 3.63) is 59.1 Å². The molecule has 1 amide bonds. The van der Waals surface area contributed by atoms with Gasteiger partial charge < -0.3 is 10.1 Å². The van der Waals surface area contributed by atoms with Crippen molar-refractivity contribution in [2.24, 2.45) is 0 Å². The molecule has 8 heteroatoms. The number of halogens is 1. The molecule has 0 aliphatic carbocycles. The van der Waals surface area contributed by atoms with Crippen LogP contribution in [0.4, 0.5) is 0 Å². The Bertz CT molecular complexity index is 836. The molecule has 26 heavy (non-hydrogen) atoms. The number of carbonyl (C=O) groups excluding carboxylic acids is 1. The Hall–Kier alpha value is -2.09. The van der Waals surface area contributed by atoms with Crippen LogP contribution in [0.2, 0.25) is 5.02 Å². The fraction of sp³-hybridized carbons (Fsp3) is 0.278. The Morgan fingerprint density at radius 1 is 1.08 bits per heavy atom. The zero-order valence-electron chi connectivity index (χ0n) is 14.5. The van der Waals surface area contributed by atoms with Crippen molar-refractivity contribution < 1.29 is 17.9 Å². The van der Waals surface area contributed by atoms with E-state index in [9.17, 15) is 13.2 Å². The van der Waals surface area contributed by atoms with Gasteiger partial charge in [0.1, 0.15) is 5.75 Å². The molecule has 0 spiro atoms. The molecule has 0 aliphatic rings. The summed E-state index contributed by atoms with van der Waals surface area (Å²) in [4.78, 5) is 12.2. The average Bonchev–Trinajstić information content (AvgIpc) is 2.61. The van der Waals surface area contributed by atoms with E-state index >= 15 is 0 Å². The lowest BCUT2D eigenvalue weighted by Crippen LogP contribution is -2.40. The first-order valence-electron chi connectivity index (χ1n) is 8.04. The molecule has 2 rings (SSSR count). The van der Waals surface area contributed by atoms with E-state index in [1.807, 2.05) is 6.92 Å². The van der Waals surface area contributed by atoms with Gasteiger partial charge >= 0.3 is 0 Å². The van der Waals surface area contributed by atoms with Crippen LogP contribution in [0.3, 0.4) is 0 Å². The molecule has 0 aliphatic heterocycles. The summed E-state index contributed by atoms with van der Waals surface area (Å²) in [5, 5.41) is 3.21. The molecule has 0 radical (unpaired) electrons. The second-order valence-corrected chi connectivity index (χ2v) is 7.92. The summed E-state index contributed by atoms with van der Waals surface area (Å²) in [7, 11) is -3.59. The van der Waals surface area contributed by atoms with E-state index in [-0.39, 0.29) is 23.9 Å². The molecule has 0 saturated heterocycles. The van der Waals surface area contributed by atoms with E-state index in [2.05, 4.69) is 10.0 Å². The average molecular weight is 397 g/mol. The minimum atomic E-state index is -3.59. The van der Waals surface area contributed by atoms with Crippen molar-refractivity contribution in [3.8, 4) is 5.75 Å². The summed E-state index contributed by atoms with van der Waals surface area (Å²) in [6.07, 6.45) is -0.718. The van der Waals surface area contributed by atoms with Crippen molar-refractivity contribution in [1.29, 1.82) is 0 Å². The summed E-state index contributed by atoms with van der Waals surface area (Å²) < 4.78 is 32.2. The molecule has 0 bridgehead atoms. The molecule has 1 unspecified atom stereocenters. The van der Waals surface area contributed by atoms with Gasteiger partial charge in [-0.2, -0.15) is 0 Å². The first kappa shape index (κ1) is 20.2. The van der Waals surface area contributed by atoms with Gasteiger partial charge in [0.2, 0.25) is 10.0 Å². The maximum absolute atomic E-state index is 12.1. The van der Waals surface area contributed by atoms with Crippen LogP contribution in [-0.4, -0.2) is 33.5 Å². The zero-order chi connectivity index (χ0) is 19.2. The van der Waals surface area contributed by atoms with Gasteiger partial charge in [-0.25, -0.2) is 13.1 Å². The lowest BCUT2D eigenvalue weighted by molar-refractivity contribution is -0.127. The van der Waals surface area contributed by atoms with Crippen molar-refractivity contribution in [2.45, 2.75) is 24.8 Å². The molecule has 2 aromatic rings. The third-order valence-electron chi connectivity index (χ3n) is 3.54. The summed E-state index contributed by atoms with van der Waals surface area (Å²) in [5.74, 6) is 0.187. The smallest absolute Gasteiger partial charge is 0.260 e. The third-order valence-corrected chi connectivity index (χ3v) is 5.27. The quantitative estimate of drug-likeness (QED) is 0.671. The van der Waals surface area contributed by atoms with Crippen molar-refractivity contribution in [2.75, 3.05) is 13.1 Å². The van der Waals surface area contributed by atoms with Crippen LogP contribution in [0.1, 0.15) is 12.5 Å². The molecule has 1 atom stereocenters. The standard InChI is InChI=1S/C18H21ClN2O4S/c1-13-3-9-17(10-4-13)26(23,24)21-12-11-20-18(22)14(2)25-16-7-5-15(19)6-8-16/h3-10,14,21H,11-12H2,1-2H3,(H,20,22). The van der Waals surface area contributed by atoms with E-state index in [1.165, 1.54) is 12.1 Å². The molecule has 0 aromatic heterocycles. The van der Waals surface area contributed by atoms with E-state index in [4.69, 9.17) is 16.3 Å². The second-order valence-electron chi connectivity index (χ2n) is 5.72. The SMILES string of the molecule is Cc1ccc(S(=O)(=O)NCCNC(=O)C(C)Oc2ccc(Cl)cc2)cc1. The number of hydrogen-bond acceptors (Lipinski definition) is 4. The molecular formula is C18H21ClN2O4S. The molecule has 6 nitrogen and oxygen atoms in total. The van der Waals surface area contributed by atoms with Gasteiger partial charge in [-0.3, -0.25) is 4.79 Å². The maximum Gasteiger partial charge on any atom is 0.260 e. The summed E-state index contributed by atoms with van der Waals surface area (Å²) in [5.41, 5.74) is 0.978. The first-order chi connectivity index (χ1) is 12.3. The molecule has 0 saturated carbocycles. The van der Waals surface area contributed by atoms with Gasteiger partial charge in [0.15, 0.2) is 6.10 Å². The van der Waals surface area contributed by atoms with Crippen molar-refractivity contribution in [1.82, 2.24) is 10.0 Å². The summed E-state index contributed by atoms with van der Waals surface area (Å²) in [6, 6.07) is 13.2.